The Kier molecular flexibility index (Phi) is 2.44. The highest BCUT2D eigenvalue weighted by Crippen LogP contribution is 2.40. The summed E-state index contributed by atoms with van der Waals surface area (Å²) in [7, 11) is 0. The van der Waals surface area contributed by atoms with Crippen LogP contribution in [0.2, 0.25) is 0 Å². The Morgan fingerprint density at radius 3 is 2.14 bits per heavy atom. The SMILES string of the molecule is Oc1ccc(C2(F)CCCCC2)cc1. The first kappa shape index (κ1) is 9.50. The van der Waals surface area contributed by atoms with E-state index in [1.165, 1.54) is 0 Å². The summed E-state index contributed by atoms with van der Waals surface area (Å²) < 4.78 is 14.4. The number of alkyl halides is 1. The second-order valence-corrected chi connectivity index (χ2v) is 4.07. The van der Waals surface area contributed by atoms with Gasteiger partial charge in [-0.3, -0.25) is 0 Å². The molecule has 76 valence electrons. The molecule has 1 fully saturated rings. The summed E-state index contributed by atoms with van der Waals surface area (Å²) in [4.78, 5) is 0. The Hall–Kier alpha value is -1.05. The van der Waals surface area contributed by atoms with E-state index in [-0.39, 0.29) is 5.75 Å². The third-order valence-corrected chi connectivity index (χ3v) is 3.03. The van der Waals surface area contributed by atoms with Crippen molar-refractivity contribution in [1.82, 2.24) is 0 Å². The van der Waals surface area contributed by atoms with Crippen molar-refractivity contribution in [2.75, 3.05) is 0 Å². The average Bonchev–Trinajstić information content (AvgIpc) is 2.19. The zero-order valence-electron chi connectivity index (χ0n) is 8.17. The van der Waals surface area contributed by atoms with Crippen molar-refractivity contribution in [3.05, 3.63) is 29.8 Å². The predicted octanol–water partition coefficient (Wildman–Crippen LogP) is 3.52. The molecule has 0 amide bonds. The summed E-state index contributed by atoms with van der Waals surface area (Å²) >= 11 is 0. The summed E-state index contributed by atoms with van der Waals surface area (Å²) in [6.07, 6.45) is 4.33. The van der Waals surface area contributed by atoms with Crippen LogP contribution in [-0.2, 0) is 5.67 Å². The van der Waals surface area contributed by atoms with E-state index in [9.17, 15) is 4.39 Å². The van der Waals surface area contributed by atoms with Crippen molar-refractivity contribution < 1.29 is 9.50 Å². The molecule has 0 bridgehead atoms. The van der Waals surface area contributed by atoms with Crippen LogP contribution in [0.15, 0.2) is 24.3 Å². The fourth-order valence-electron chi connectivity index (χ4n) is 2.16. The molecule has 0 unspecified atom stereocenters. The lowest BCUT2D eigenvalue weighted by atomic mass is 9.81. The molecule has 0 radical (unpaired) electrons. The Bertz CT molecular complexity index is 299. The largest absolute Gasteiger partial charge is 0.508 e. The van der Waals surface area contributed by atoms with Gasteiger partial charge in [0.2, 0.25) is 0 Å². The average molecular weight is 194 g/mol. The van der Waals surface area contributed by atoms with Crippen LogP contribution in [0.1, 0.15) is 37.7 Å². The molecular weight excluding hydrogens is 179 g/mol. The molecule has 1 saturated carbocycles. The first-order chi connectivity index (χ1) is 6.71. The molecule has 1 aliphatic rings. The molecule has 0 spiro atoms. The molecule has 0 aliphatic heterocycles. The summed E-state index contributed by atoms with van der Waals surface area (Å²) in [5.74, 6) is 0.202. The maximum atomic E-state index is 14.4. The van der Waals surface area contributed by atoms with Gasteiger partial charge in [-0.05, 0) is 43.4 Å². The third-order valence-electron chi connectivity index (χ3n) is 3.03. The van der Waals surface area contributed by atoms with Gasteiger partial charge in [-0.1, -0.05) is 18.6 Å². The number of benzene rings is 1. The van der Waals surface area contributed by atoms with Gasteiger partial charge in [0.05, 0.1) is 0 Å². The third kappa shape index (κ3) is 1.74. The summed E-state index contributed by atoms with van der Waals surface area (Å²) in [5, 5.41) is 9.12. The van der Waals surface area contributed by atoms with Crippen molar-refractivity contribution in [2.45, 2.75) is 37.8 Å². The van der Waals surface area contributed by atoms with Gasteiger partial charge in [0.15, 0.2) is 0 Å². The second kappa shape index (κ2) is 3.60. The molecule has 14 heavy (non-hydrogen) atoms. The molecule has 1 aromatic carbocycles. The van der Waals surface area contributed by atoms with Crippen LogP contribution in [0, 0.1) is 0 Å². The van der Waals surface area contributed by atoms with E-state index in [1.54, 1.807) is 24.3 Å². The van der Waals surface area contributed by atoms with Gasteiger partial charge in [0, 0.05) is 0 Å². The lowest BCUT2D eigenvalue weighted by Gasteiger charge is -2.29. The zero-order chi connectivity index (χ0) is 10.0. The van der Waals surface area contributed by atoms with E-state index in [2.05, 4.69) is 0 Å². The first-order valence-corrected chi connectivity index (χ1v) is 5.19. The Morgan fingerprint density at radius 2 is 1.57 bits per heavy atom. The van der Waals surface area contributed by atoms with Crippen LogP contribution >= 0.6 is 0 Å². The summed E-state index contributed by atoms with van der Waals surface area (Å²) in [5.41, 5.74) is -0.429. The molecule has 0 aromatic heterocycles. The number of hydrogen-bond acceptors (Lipinski definition) is 1. The van der Waals surface area contributed by atoms with E-state index >= 15 is 0 Å². The highest BCUT2D eigenvalue weighted by atomic mass is 19.1. The molecule has 1 N–H and O–H groups in total. The standard InChI is InChI=1S/C12H15FO/c13-12(8-2-1-3-9-12)10-4-6-11(14)7-5-10/h4-7,14H,1-3,8-9H2. The van der Waals surface area contributed by atoms with Crippen LogP contribution < -0.4 is 0 Å². The van der Waals surface area contributed by atoms with Crippen LogP contribution in [0.4, 0.5) is 4.39 Å². The summed E-state index contributed by atoms with van der Waals surface area (Å²) in [6, 6.07) is 6.51. The number of phenols is 1. The van der Waals surface area contributed by atoms with Gasteiger partial charge in [-0.15, -0.1) is 0 Å². The minimum atomic E-state index is -1.15. The van der Waals surface area contributed by atoms with Crippen LogP contribution in [0.25, 0.3) is 0 Å². The van der Waals surface area contributed by atoms with Gasteiger partial charge in [-0.25, -0.2) is 4.39 Å². The highest BCUT2D eigenvalue weighted by molar-refractivity contribution is 5.30. The van der Waals surface area contributed by atoms with Gasteiger partial charge in [0.1, 0.15) is 11.4 Å². The normalized spacial score (nSPS) is 20.6. The van der Waals surface area contributed by atoms with Gasteiger partial charge < -0.3 is 5.11 Å². The topological polar surface area (TPSA) is 20.2 Å². The fourth-order valence-corrected chi connectivity index (χ4v) is 2.16. The molecule has 2 heteroatoms. The van der Waals surface area contributed by atoms with Crippen molar-refractivity contribution in [1.29, 1.82) is 0 Å². The number of aromatic hydroxyl groups is 1. The molecule has 0 heterocycles. The molecule has 0 atom stereocenters. The van der Waals surface area contributed by atoms with Gasteiger partial charge >= 0.3 is 0 Å². The lowest BCUT2D eigenvalue weighted by Crippen LogP contribution is -2.23. The predicted molar refractivity (Wildman–Crippen MR) is 54.0 cm³/mol. The minimum absolute atomic E-state index is 0.202. The van der Waals surface area contributed by atoms with E-state index in [0.717, 1.165) is 24.8 Å². The van der Waals surface area contributed by atoms with E-state index in [0.29, 0.717) is 12.8 Å². The molecule has 0 saturated heterocycles. The quantitative estimate of drug-likeness (QED) is 0.725. The highest BCUT2D eigenvalue weighted by Gasteiger charge is 2.33. The van der Waals surface area contributed by atoms with Crippen LogP contribution in [0.3, 0.4) is 0 Å². The van der Waals surface area contributed by atoms with E-state index < -0.39 is 5.67 Å². The maximum Gasteiger partial charge on any atom is 0.136 e. The Balaban J connectivity index is 2.23. The number of phenolic OH excluding ortho intramolecular Hbond substituents is 1. The molecular formula is C12H15FO. The first-order valence-electron chi connectivity index (χ1n) is 5.19. The fraction of sp³-hybridized carbons (Fsp3) is 0.500. The Morgan fingerprint density at radius 1 is 1.00 bits per heavy atom. The number of hydrogen-bond donors (Lipinski definition) is 1. The molecule has 1 aliphatic carbocycles. The van der Waals surface area contributed by atoms with Crippen molar-refractivity contribution >= 4 is 0 Å². The molecule has 2 rings (SSSR count). The van der Waals surface area contributed by atoms with Crippen LogP contribution in [0.5, 0.6) is 5.75 Å². The molecule has 1 nitrogen and oxygen atoms in total. The molecule has 1 aromatic rings. The number of rotatable bonds is 1. The van der Waals surface area contributed by atoms with E-state index in [1.807, 2.05) is 0 Å². The van der Waals surface area contributed by atoms with Crippen LogP contribution in [-0.4, -0.2) is 5.11 Å². The minimum Gasteiger partial charge on any atom is -0.508 e. The monoisotopic (exact) mass is 194 g/mol. The lowest BCUT2D eigenvalue weighted by molar-refractivity contribution is 0.106. The smallest absolute Gasteiger partial charge is 0.136 e. The Labute approximate surface area is 83.6 Å². The number of halogens is 1. The summed E-state index contributed by atoms with van der Waals surface area (Å²) in [6.45, 7) is 0. The maximum absolute atomic E-state index is 14.4. The van der Waals surface area contributed by atoms with Crippen molar-refractivity contribution in [2.24, 2.45) is 0 Å². The zero-order valence-corrected chi connectivity index (χ0v) is 8.17. The van der Waals surface area contributed by atoms with Gasteiger partial charge in [-0.2, -0.15) is 0 Å². The van der Waals surface area contributed by atoms with E-state index in [4.69, 9.17) is 5.11 Å². The van der Waals surface area contributed by atoms with Gasteiger partial charge in [0.25, 0.3) is 0 Å². The van der Waals surface area contributed by atoms with Crippen molar-refractivity contribution in [3.8, 4) is 5.75 Å². The van der Waals surface area contributed by atoms with Crippen molar-refractivity contribution in [3.63, 3.8) is 0 Å². The second-order valence-electron chi connectivity index (χ2n) is 4.07.